The summed E-state index contributed by atoms with van der Waals surface area (Å²) < 4.78 is 9.61. The number of phenols is 8. The summed E-state index contributed by atoms with van der Waals surface area (Å²) in [7, 11) is 1.17. The van der Waals surface area contributed by atoms with Crippen molar-refractivity contribution >= 4 is 5.97 Å². The molecule has 0 atom stereocenters. The van der Waals surface area contributed by atoms with E-state index < -0.39 is 29.0 Å². The van der Waals surface area contributed by atoms with E-state index in [1.165, 1.54) is 31.4 Å². The molecule has 11 heteroatoms. The van der Waals surface area contributed by atoms with Crippen LogP contribution in [-0.4, -0.2) is 60.5 Å². The molecule has 1 aliphatic heterocycles. The zero-order valence-electron chi connectivity index (χ0n) is 18.9. The third-order valence-electron chi connectivity index (χ3n) is 4.70. The van der Waals surface area contributed by atoms with E-state index in [0.717, 1.165) is 30.5 Å². The molecular weight excluding hydrogens is 464 g/mol. The van der Waals surface area contributed by atoms with Gasteiger partial charge in [-0.15, -0.1) is 0 Å². The van der Waals surface area contributed by atoms with Gasteiger partial charge in [0.1, 0.15) is 17.2 Å². The largest absolute Gasteiger partial charge is 0.508 e. The first-order chi connectivity index (χ1) is 16.4. The lowest BCUT2D eigenvalue weighted by molar-refractivity contribution is 0.0599. The van der Waals surface area contributed by atoms with Crippen LogP contribution in [0.2, 0.25) is 0 Å². The van der Waals surface area contributed by atoms with Gasteiger partial charge in [-0.05, 0) is 49.6 Å². The van der Waals surface area contributed by atoms with Gasteiger partial charge in [0, 0.05) is 17.7 Å². The fourth-order valence-corrected chi connectivity index (χ4v) is 3.01. The van der Waals surface area contributed by atoms with Gasteiger partial charge in [0.05, 0.1) is 19.3 Å². The molecule has 0 aromatic heterocycles. The van der Waals surface area contributed by atoms with E-state index in [9.17, 15) is 9.90 Å². The number of aromatic hydroxyl groups is 8. The van der Waals surface area contributed by atoms with Gasteiger partial charge in [-0.3, -0.25) is 0 Å². The van der Waals surface area contributed by atoms with E-state index >= 15 is 0 Å². The zero-order valence-corrected chi connectivity index (χ0v) is 18.9. The summed E-state index contributed by atoms with van der Waals surface area (Å²) in [6.45, 7) is 2.37. The molecule has 35 heavy (non-hydrogen) atoms. The Kier molecular flexibility index (Phi) is 8.70. The molecule has 3 aromatic carbocycles. The first-order valence-electron chi connectivity index (χ1n) is 10.2. The number of methoxy groups -OCH3 is 1. The molecule has 188 valence electrons. The maximum Gasteiger partial charge on any atom is 0.338 e. The number of hydrogen-bond donors (Lipinski definition) is 8. The van der Waals surface area contributed by atoms with Gasteiger partial charge in [-0.25, -0.2) is 4.79 Å². The van der Waals surface area contributed by atoms with Crippen molar-refractivity contribution in [2.75, 3.05) is 13.7 Å². The predicted molar refractivity (Wildman–Crippen MR) is 123 cm³/mol. The van der Waals surface area contributed by atoms with Gasteiger partial charge < -0.3 is 50.3 Å². The number of benzene rings is 3. The molecule has 1 aliphatic rings. The SMILES string of the molecule is COC(=O)c1cc(O)c(O)c(O)c1.Cc1cc(O)c(O)c(O)c1.Oc1cc(O)c2c(c1)OCCC2. The first-order valence-corrected chi connectivity index (χ1v) is 10.2. The lowest BCUT2D eigenvalue weighted by Gasteiger charge is -2.17. The number of esters is 1. The van der Waals surface area contributed by atoms with E-state index in [2.05, 4.69) is 4.74 Å². The maximum atomic E-state index is 10.9. The van der Waals surface area contributed by atoms with Crippen molar-refractivity contribution in [3.8, 4) is 51.7 Å². The third kappa shape index (κ3) is 6.90. The fraction of sp³-hybridized carbons (Fsp3) is 0.208. The number of carbonyl (C=O) groups is 1. The van der Waals surface area contributed by atoms with Crippen molar-refractivity contribution in [1.29, 1.82) is 0 Å². The molecule has 8 N–H and O–H groups in total. The Morgan fingerprint density at radius 2 is 1.29 bits per heavy atom. The van der Waals surface area contributed by atoms with Crippen LogP contribution in [0, 0.1) is 6.92 Å². The number of phenolic OH excluding ortho intramolecular Hbond substituents is 8. The Labute approximate surface area is 199 Å². The fourth-order valence-electron chi connectivity index (χ4n) is 3.01. The van der Waals surface area contributed by atoms with Crippen LogP contribution in [0.4, 0.5) is 0 Å². The highest BCUT2D eigenvalue weighted by Crippen LogP contribution is 2.37. The Morgan fingerprint density at radius 3 is 1.80 bits per heavy atom. The van der Waals surface area contributed by atoms with Crippen molar-refractivity contribution in [3.05, 3.63) is 53.1 Å². The summed E-state index contributed by atoms with van der Waals surface area (Å²) in [6, 6.07) is 7.62. The predicted octanol–water partition coefficient (Wildman–Crippen LogP) is 3.12. The second-order valence-corrected chi connectivity index (χ2v) is 7.40. The van der Waals surface area contributed by atoms with E-state index in [-0.39, 0.29) is 28.6 Å². The number of carbonyl (C=O) groups excluding carboxylic acids is 1. The zero-order chi connectivity index (χ0) is 26.3. The summed E-state index contributed by atoms with van der Waals surface area (Å²) >= 11 is 0. The van der Waals surface area contributed by atoms with Gasteiger partial charge in [-0.1, -0.05) is 0 Å². The molecule has 0 radical (unpaired) electrons. The van der Waals surface area contributed by atoms with Gasteiger partial charge in [0.2, 0.25) is 0 Å². The molecule has 1 heterocycles. The average Bonchev–Trinajstić information content (AvgIpc) is 2.80. The molecule has 0 fully saturated rings. The summed E-state index contributed by atoms with van der Waals surface area (Å²) in [6.07, 6.45) is 1.74. The topological polar surface area (TPSA) is 197 Å². The van der Waals surface area contributed by atoms with Crippen LogP contribution < -0.4 is 4.74 Å². The van der Waals surface area contributed by atoms with Crippen LogP contribution in [0.1, 0.15) is 27.9 Å². The molecule has 0 aliphatic carbocycles. The van der Waals surface area contributed by atoms with E-state index in [4.69, 9.17) is 40.5 Å². The Hall–Kier alpha value is -4.67. The van der Waals surface area contributed by atoms with E-state index in [1.807, 2.05) is 0 Å². The van der Waals surface area contributed by atoms with Crippen LogP contribution in [0.3, 0.4) is 0 Å². The standard InChI is InChI=1S/C9H10O3.C8H8O5.C7H8O3/c10-6-4-8(11)7-2-1-3-12-9(7)5-6;1-13-8(12)4-2-5(9)7(11)6(10)3-4;1-4-2-5(8)7(10)6(9)3-4/h4-5,10-11H,1-3H2;2-3,9-11H,1H3;2-3,8-10H,1H3. The second-order valence-electron chi connectivity index (χ2n) is 7.40. The van der Waals surface area contributed by atoms with Gasteiger partial charge in [0.15, 0.2) is 34.5 Å². The van der Waals surface area contributed by atoms with Crippen molar-refractivity contribution < 1.29 is 55.1 Å². The smallest absolute Gasteiger partial charge is 0.338 e. The summed E-state index contributed by atoms with van der Waals surface area (Å²) in [4.78, 5) is 10.9. The van der Waals surface area contributed by atoms with Crippen LogP contribution >= 0.6 is 0 Å². The van der Waals surface area contributed by atoms with Crippen LogP contribution in [0.15, 0.2) is 36.4 Å². The first kappa shape index (κ1) is 26.6. The quantitative estimate of drug-likeness (QED) is 0.184. The minimum absolute atomic E-state index is 0.0321. The van der Waals surface area contributed by atoms with Gasteiger partial charge >= 0.3 is 5.97 Å². The van der Waals surface area contributed by atoms with E-state index in [0.29, 0.717) is 17.9 Å². The molecule has 0 unspecified atom stereocenters. The van der Waals surface area contributed by atoms with Crippen molar-refractivity contribution in [2.24, 2.45) is 0 Å². The molecule has 0 bridgehead atoms. The normalized spacial score (nSPS) is 11.5. The lowest BCUT2D eigenvalue weighted by Crippen LogP contribution is -2.07. The summed E-state index contributed by atoms with van der Waals surface area (Å²) in [5, 5.41) is 72.0. The van der Waals surface area contributed by atoms with Crippen LogP contribution in [0.25, 0.3) is 0 Å². The Morgan fingerprint density at radius 1 is 0.771 bits per heavy atom. The Bertz CT molecular complexity index is 1160. The van der Waals surface area contributed by atoms with Crippen molar-refractivity contribution in [2.45, 2.75) is 19.8 Å². The molecule has 0 amide bonds. The minimum atomic E-state index is -0.703. The molecular formula is C24H26O11. The number of aryl methyl sites for hydroxylation is 1. The summed E-state index contributed by atoms with van der Waals surface area (Å²) in [5.74, 6) is -2.77. The van der Waals surface area contributed by atoms with Crippen molar-refractivity contribution in [3.63, 3.8) is 0 Å². The van der Waals surface area contributed by atoms with Gasteiger partial charge in [0.25, 0.3) is 0 Å². The average molecular weight is 490 g/mol. The van der Waals surface area contributed by atoms with Crippen LogP contribution in [-0.2, 0) is 11.2 Å². The molecule has 0 spiro atoms. The third-order valence-corrected chi connectivity index (χ3v) is 4.70. The number of hydrogen-bond acceptors (Lipinski definition) is 11. The highest BCUT2D eigenvalue weighted by Gasteiger charge is 2.15. The lowest BCUT2D eigenvalue weighted by atomic mass is 10.1. The second kappa shape index (κ2) is 11.5. The Balaban J connectivity index is 0.000000187. The summed E-state index contributed by atoms with van der Waals surface area (Å²) in [5.41, 5.74) is 1.47. The van der Waals surface area contributed by atoms with Gasteiger partial charge in [-0.2, -0.15) is 0 Å². The molecule has 0 saturated heterocycles. The van der Waals surface area contributed by atoms with E-state index in [1.54, 1.807) is 6.92 Å². The molecule has 0 saturated carbocycles. The highest BCUT2D eigenvalue weighted by atomic mass is 16.5. The molecule has 3 aromatic rings. The van der Waals surface area contributed by atoms with Crippen molar-refractivity contribution in [1.82, 2.24) is 0 Å². The minimum Gasteiger partial charge on any atom is -0.508 e. The molecule has 11 nitrogen and oxygen atoms in total. The number of ether oxygens (including phenoxy) is 2. The number of rotatable bonds is 1. The number of fused-ring (bicyclic) bond motifs is 1. The monoisotopic (exact) mass is 490 g/mol. The molecule has 4 rings (SSSR count). The highest BCUT2D eigenvalue weighted by molar-refractivity contribution is 5.90. The maximum absolute atomic E-state index is 10.9. The van der Waals surface area contributed by atoms with Crippen LogP contribution in [0.5, 0.6) is 51.7 Å².